The van der Waals surface area contributed by atoms with Crippen molar-refractivity contribution in [3.63, 3.8) is 0 Å². The van der Waals surface area contributed by atoms with Gasteiger partial charge in [0, 0.05) is 54.9 Å². The summed E-state index contributed by atoms with van der Waals surface area (Å²) in [5.41, 5.74) is 2.62. The van der Waals surface area contributed by atoms with Crippen LogP contribution in [0.25, 0.3) is 0 Å². The molecule has 2 aliphatic heterocycles. The lowest BCUT2D eigenvalue weighted by Crippen LogP contribution is -2.44. The number of carbonyl (C=O) groups is 2. The number of carbonyl (C=O) groups excluding carboxylic acids is 2. The van der Waals surface area contributed by atoms with Gasteiger partial charge in [-0.25, -0.2) is 0 Å². The van der Waals surface area contributed by atoms with Gasteiger partial charge in [0.25, 0.3) is 5.91 Å². The number of halogens is 1. The highest BCUT2D eigenvalue weighted by Gasteiger charge is 2.45. The molecule has 5 nitrogen and oxygen atoms in total. The van der Waals surface area contributed by atoms with E-state index in [4.69, 9.17) is 11.6 Å². The Morgan fingerprint density at radius 1 is 1.14 bits per heavy atom. The monoisotopic (exact) mass is 397 g/mol. The number of amides is 2. The number of aromatic nitrogens is 1. The Bertz CT molecular complexity index is 872. The Balaban J connectivity index is 1.37. The molecular weight excluding hydrogens is 374 g/mol. The van der Waals surface area contributed by atoms with E-state index in [1.165, 1.54) is 0 Å². The first-order chi connectivity index (χ1) is 13.4. The molecule has 2 saturated heterocycles. The third-order valence-electron chi connectivity index (χ3n) is 5.96. The highest BCUT2D eigenvalue weighted by molar-refractivity contribution is 6.30. The van der Waals surface area contributed by atoms with Crippen molar-refractivity contribution in [3.05, 3.63) is 64.4 Å². The zero-order chi connectivity index (χ0) is 19.7. The van der Waals surface area contributed by atoms with E-state index in [2.05, 4.69) is 4.98 Å². The lowest BCUT2D eigenvalue weighted by atomic mass is 9.77. The van der Waals surface area contributed by atoms with Gasteiger partial charge in [-0.15, -0.1) is 0 Å². The van der Waals surface area contributed by atoms with Gasteiger partial charge in [0.05, 0.1) is 5.56 Å². The highest BCUT2D eigenvalue weighted by atomic mass is 35.5. The second-order valence-electron chi connectivity index (χ2n) is 8.03. The molecule has 0 atom stereocenters. The van der Waals surface area contributed by atoms with E-state index in [0.29, 0.717) is 36.6 Å². The standard InChI is InChI=1S/C22H24ClN3O2/c1-16-2-5-18(13-24-16)21(28)25-10-8-22(9-11-25)12-20(27)26(15-22)14-17-3-6-19(23)7-4-17/h2-7,13H,8-12,14-15H2,1H3. The first-order valence-corrected chi connectivity index (χ1v) is 10.1. The quantitative estimate of drug-likeness (QED) is 0.793. The summed E-state index contributed by atoms with van der Waals surface area (Å²) in [6, 6.07) is 11.4. The van der Waals surface area contributed by atoms with Gasteiger partial charge >= 0.3 is 0 Å². The van der Waals surface area contributed by atoms with Crippen LogP contribution in [0.15, 0.2) is 42.6 Å². The molecule has 1 spiro atoms. The minimum absolute atomic E-state index is 0.00812. The number of benzene rings is 1. The number of rotatable bonds is 3. The average molecular weight is 398 g/mol. The molecule has 0 radical (unpaired) electrons. The molecule has 1 aromatic heterocycles. The molecule has 2 fully saturated rings. The third kappa shape index (κ3) is 3.90. The zero-order valence-corrected chi connectivity index (χ0v) is 16.8. The molecular formula is C22H24ClN3O2. The summed E-state index contributed by atoms with van der Waals surface area (Å²) in [6.07, 6.45) is 3.95. The molecule has 0 N–H and O–H groups in total. The number of hydrogen-bond acceptors (Lipinski definition) is 3. The maximum Gasteiger partial charge on any atom is 0.255 e. The largest absolute Gasteiger partial charge is 0.339 e. The van der Waals surface area contributed by atoms with Crippen molar-refractivity contribution < 1.29 is 9.59 Å². The van der Waals surface area contributed by atoms with Crippen LogP contribution in [-0.4, -0.2) is 46.2 Å². The summed E-state index contributed by atoms with van der Waals surface area (Å²) in [5.74, 6) is 0.238. The van der Waals surface area contributed by atoms with Crippen LogP contribution in [0.1, 0.15) is 40.9 Å². The number of piperidine rings is 1. The van der Waals surface area contributed by atoms with Gasteiger partial charge in [0.2, 0.25) is 5.91 Å². The Kier molecular flexibility index (Phi) is 5.11. The molecule has 0 unspecified atom stereocenters. The number of pyridine rings is 1. The van der Waals surface area contributed by atoms with Crippen molar-refractivity contribution in [1.29, 1.82) is 0 Å². The molecule has 0 saturated carbocycles. The van der Waals surface area contributed by atoms with E-state index < -0.39 is 0 Å². The molecule has 6 heteroatoms. The second kappa shape index (κ2) is 7.55. The van der Waals surface area contributed by atoms with E-state index in [9.17, 15) is 9.59 Å². The Morgan fingerprint density at radius 2 is 1.86 bits per heavy atom. The van der Waals surface area contributed by atoms with Crippen LogP contribution in [0, 0.1) is 12.3 Å². The van der Waals surface area contributed by atoms with Gasteiger partial charge in [0.1, 0.15) is 0 Å². The molecule has 146 valence electrons. The smallest absolute Gasteiger partial charge is 0.255 e. The van der Waals surface area contributed by atoms with Crippen LogP contribution < -0.4 is 0 Å². The molecule has 2 aromatic rings. The molecule has 1 aromatic carbocycles. The minimum Gasteiger partial charge on any atom is -0.339 e. The maximum atomic E-state index is 12.7. The molecule has 3 heterocycles. The maximum absolute atomic E-state index is 12.7. The normalized spacial score (nSPS) is 18.7. The van der Waals surface area contributed by atoms with E-state index >= 15 is 0 Å². The predicted molar refractivity (Wildman–Crippen MR) is 108 cm³/mol. The van der Waals surface area contributed by atoms with Crippen LogP contribution in [0.5, 0.6) is 0 Å². The minimum atomic E-state index is -0.00812. The van der Waals surface area contributed by atoms with E-state index in [1.54, 1.807) is 6.20 Å². The SMILES string of the molecule is Cc1ccc(C(=O)N2CCC3(CC2)CC(=O)N(Cc2ccc(Cl)cc2)C3)cn1. The zero-order valence-electron chi connectivity index (χ0n) is 16.0. The van der Waals surface area contributed by atoms with Gasteiger partial charge in [-0.2, -0.15) is 0 Å². The summed E-state index contributed by atoms with van der Waals surface area (Å²) in [4.78, 5) is 33.4. The van der Waals surface area contributed by atoms with Gasteiger partial charge in [-0.3, -0.25) is 14.6 Å². The van der Waals surface area contributed by atoms with Crippen molar-refractivity contribution in [2.45, 2.75) is 32.7 Å². The number of hydrogen-bond donors (Lipinski definition) is 0. The molecule has 0 bridgehead atoms. The molecule has 4 rings (SSSR count). The van der Waals surface area contributed by atoms with Crippen molar-refractivity contribution >= 4 is 23.4 Å². The van der Waals surface area contributed by atoms with Gasteiger partial charge in [-0.1, -0.05) is 23.7 Å². The van der Waals surface area contributed by atoms with Gasteiger partial charge in [0.15, 0.2) is 0 Å². The van der Waals surface area contributed by atoms with Crippen LogP contribution >= 0.6 is 11.6 Å². The lowest BCUT2D eigenvalue weighted by molar-refractivity contribution is -0.128. The summed E-state index contributed by atoms with van der Waals surface area (Å²) in [7, 11) is 0. The topological polar surface area (TPSA) is 53.5 Å². The van der Waals surface area contributed by atoms with Crippen LogP contribution in [0.2, 0.25) is 5.02 Å². The Hall–Kier alpha value is -2.40. The number of aryl methyl sites for hydroxylation is 1. The van der Waals surface area contributed by atoms with Crippen molar-refractivity contribution in [2.75, 3.05) is 19.6 Å². The summed E-state index contributed by atoms with van der Waals surface area (Å²) >= 11 is 5.95. The molecule has 2 aliphatic rings. The highest BCUT2D eigenvalue weighted by Crippen LogP contribution is 2.41. The average Bonchev–Trinajstić information content (AvgIpc) is 2.99. The van der Waals surface area contributed by atoms with E-state index in [-0.39, 0.29) is 17.2 Å². The fourth-order valence-corrected chi connectivity index (χ4v) is 4.36. The first kappa shape index (κ1) is 18.9. The summed E-state index contributed by atoms with van der Waals surface area (Å²) < 4.78 is 0. The van der Waals surface area contributed by atoms with E-state index in [1.807, 2.05) is 53.1 Å². The number of likely N-dealkylation sites (tertiary alicyclic amines) is 2. The molecule has 28 heavy (non-hydrogen) atoms. The second-order valence-corrected chi connectivity index (χ2v) is 8.47. The predicted octanol–water partition coefficient (Wildman–Crippen LogP) is 3.70. The third-order valence-corrected chi connectivity index (χ3v) is 6.21. The summed E-state index contributed by atoms with van der Waals surface area (Å²) in [6.45, 7) is 4.67. The fraction of sp³-hybridized carbons (Fsp3) is 0.409. The Labute approximate surface area is 170 Å². The summed E-state index contributed by atoms with van der Waals surface area (Å²) in [5, 5.41) is 0.703. The molecule has 0 aliphatic carbocycles. The van der Waals surface area contributed by atoms with Crippen molar-refractivity contribution in [2.24, 2.45) is 5.41 Å². The van der Waals surface area contributed by atoms with Gasteiger partial charge < -0.3 is 9.80 Å². The van der Waals surface area contributed by atoms with Crippen molar-refractivity contribution in [1.82, 2.24) is 14.8 Å². The lowest BCUT2D eigenvalue weighted by Gasteiger charge is -2.38. The van der Waals surface area contributed by atoms with Gasteiger partial charge in [-0.05, 0) is 49.6 Å². The van der Waals surface area contributed by atoms with Crippen LogP contribution in [0.3, 0.4) is 0 Å². The van der Waals surface area contributed by atoms with Crippen molar-refractivity contribution in [3.8, 4) is 0 Å². The van der Waals surface area contributed by atoms with Crippen LogP contribution in [0.4, 0.5) is 0 Å². The van der Waals surface area contributed by atoms with Crippen LogP contribution in [-0.2, 0) is 11.3 Å². The van der Waals surface area contributed by atoms with E-state index in [0.717, 1.165) is 30.6 Å². The Morgan fingerprint density at radius 3 is 2.50 bits per heavy atom. The fourth-order valence-electron chi connectivity index (χ4n) is 4.23. The number of nitrogens with zero attached hydrogens (tertiary/aromatic N) is 3. The first-order valence-electron chi connectivity index (χ1n) is 9.68. The molecule has 2 amide bonds.